The summed E-state index contributed by atoms with van der Waals surface area (Å²) in [6, 6.07) is 16.2. The van der Waals surface area contributed by atoms with E-state index in [1.807, 2.05) is 16.7 Å². The van der Waals surface area contributed by atoms with E-state index in [4.69, 9.17) is 0 Å². The number of piperidine rings is 1. The molecule has 6 rings (SSSR count). The van der Waals surface area contributed by atoms with E-state index >= 15 is 0 Å². The maximum atomic E-state index is 12.9. The molecule has 3 aromatic heterocycles. The van der Waals surface area contributed by atoms with Crippen molar-refractivity contribution >= 4 is 11.0 Å². The first-order valence-electron chi connectivity index (χ1n) is 11.5. The molecule has 0 amide bonds. The molecule has 8 heteroatoms. The van der Waals surface area contributed by atoms with Crippen LogP contribution in [0.2, 0.25) is 0 Å². The minimum absolute atomic E-state index is 0.0873. The average Bonchev–Trinajstić information content (AvgIpc) is 3.18. The van der Waals surface area contributed by atoms with Gasteiger partial charge in [0.25, 0.3) is 11.1 Å². The van der Waals surface area contributed by atoms with Gasteiger partial charge in [0.1, 0.15) is 11.2 Å². The van der Waals surface area contributed by atoms with Crippen LogP contribution in [0.5, 0.6) is 0 Å². The minimum atomic E-state index is -0.154. The third-order valence-electron chi connectivity index (χ3n) is 7.19. The first-order chi connectivity index (χ1) is 16.1. The Labute approximate surface area is 190 Å². The average molecular weight is 443 g/mol. The normalized spacial score (nSPS) is 22.4. The molecule has 0 radical (unpaired) electrons. The quantitative estimate of drug-likeness (QED) is 0.524. The molecule has 1 saturated heterocycles. The van der Waals surface area contributed by atoms with Gasteiger partial charge >= 0.3 is 0 Å². The Balaban J connectivity index is 1.34. The van der Waals surface area contributed by atoms with Crippen molar-refractivity contribution in [1.82, 2.24) is 29.2 Å². The largest absolute Gasteiger partial charge is 0.309 e. The summed E-state index contributed by atoms with van der Waals surface area (Å²) >= 11 is 0. The number of aromatic nitrogens is 5. The lowest BCUT2D eigenvalue weighted by molar-refractivity contribution is 0.0835. The summed E-state index contributed by atoms with van der Waals surface area (Å²) in [4.78, 5) is 35.4. The van der Waals surface area contributed by atoms with Gasteiger partial charge in [-0.1, -0.05) is 36.4 Å². The van der Waals surface area contributed by atoms with Crippen molar-refractivity contribution in [2.45, 2.75) is 31.3 Å². The first kappa shape index (κ1) is 20.1. The lowest BCUT2D eigenvalue weighted by Crippen LogP contribution is -2.49. The maximum absolute atomic E-state index is 12.9. The molecule has 0 aliphatic carbocycles. The zero-order valence-corrected chi connectivity index (χ0v) is 18.5. The summed E-state index contributed by atoms with van der Waals surface area (Å²) in [5.41, 5.74) is 2.90. The van der Waals surface area contributed by atoms with Crippen molar-refractivity contribution in [1.29, 1.82) is 0 Å². The van der Waals surface area contributed by atoms with Crippen molar-refractivity contribution in [2.75, 3.05) is 13.1 Å². The number of likely N-dealkylation sites (tertiary alicyclic amines) is 1. The van der Waals surface area contributed by atoms with Gasteiger partial charge in [0, 0.05) is 43.9 Å². The highest BCUT2D eigenvalue weighted by Gasteiger charge is 2.40. The topological polar surface area (TPSA) is 88.8 Å². The Morgan fingerprint density at radius 3 is 2.76 bits per heavy atom. The molecule has 0 unspecified atom stereocenters. The maximum Gasteiger partial charge on any atom is 0.262 e. The lowest BCUT2D eigenvalue weighted by atomic mass is 9.76. The van der Waals surface area contributed by atoms with Crippen LogP contribution in [0.15, 0.2) is 64.3 Å². The third-order valence-corrected chi connectivity index (χ3v) is 7.19. The van der Waals surface area contributed by atoms with Gasteiger partial charge in [-0.25, -0.2) is 4.98 Å². The van der Waals surface area contributed by atoms with Crippen molar-refractivity contribution in [3.63, 3.8) is 0 Å². The number of hydrogen-bond acceptors (Lipinski definition) is 5. The fraction of sp³-hybridized carbons (Fsp3) is 0.360. The Hall–Kier alpha value is -3.52. The number of fused-ring (bicyclic) bond motifs is 5. The van der Waals surface area contributed by atoms with Crippen LogP contribution in [-0.2, 0) is 20.0 Å². The molecule has 0 spiro atoms. The van der Waals surface area contributed by atoms with Crippen LogP contribution in [0.25, 0.3) is 11.0 Å². The highest BCUT2D eigenvalue weighted by molar-refractivity contribution is 5.72. The summed E-state index contributed by atoms with van der Waals surface area (Å²) in [5.74, 6) is 1.29. The Bertz CT molecular complexity index is 1440. The van der Waals surface area contributed by atoms with E-state index in [0.717, 1.165) is 31.6 Å². The molecular weight excluding hydrogens is 416 g/mol. The number of H-pyrrole nitrogens is 1. The fourth-order valence-corrected chi connectivity index (χ4v) is 5.75. The van der Waals surface area contributed by atoms with Crippen LogP contribution in [0.4, 0.5) is 0 Å². The molecule has 168 valence electrons. The zero-order valence-electron chi connectivity index (χ0n) is 18.5. The van der Waals surface area contributed by atoms with Crippen LogP contribution >= 0.6 is 0 Å². The fourth-order valence-electron chi connectivity index (χ4n) is 5.75. The van der Waals surface area contributed by atoms with E-state index in [0.29, 0.717) is 29.3 Å². The highest BCUT2D eigenvalue weighted by Crippen LogP contribution is 2.42. The number of hydrogen-bond donors (Lipinski definition) is 1. The molecule has 3 atom stereocenters. The Morgan fingerprint density at radius 1 is 1.06 bits per heavy atom. The van der Waals surface area contributed by atoms with Crippen molar-refractivity contribution in [2.24, 2.45) is 13.0 Å². The number of nitrogens with zero attached hydrogens (tertiary/aromatic N) is 5. The van der Waals surface area contributed by atoms with Gasteiger partial charge in [-0.15, -0.1) is 0 Å². The molecule has 33 heavy (non-hydrogen) atoms. The van der Waals surface area contributed by atoms with E-state index < -0.39 is 0 Å². The second kappa shape index (κ2) is 7.81. The molecule has 1 N–H and O–H groups in total. The Morgan fingerprint density at radius 2 is 1.91 bits per heavy atom. The van der Waals surface area contributed by atoms with Crippen LogP contribution in [0.3, 0.4) is 0 Å². The molecular formula is C25H26N6O2. The third kappa shape index (κ3) is 3.51. The van der Waals surface area contributed by atoms with Gasteiger partial charge in [-0.3, -0.25) is 19.2 Å². The standard InChI is InChI=1S/C25H26N6O2/c1-29-24-19(12-26-29)25(33)28-22(27-24)15-30-13-17-11-18(14-30)21(10-16-6-3-2-4-7-16)31-20(17)8-5-9-23(31)32/h2-9,12,17-18,21H,10-11,13-15H2,1H3,(H,27,28,33)/t17-,18+,21+/m1/s1. The van der Waals surface area contributed by atoms with Crippen molar-refractivity contribution in [3.8, 4) is 0 Å². The van der Waals surface area contributed by atoms with Gasteiger partial charge in [-0.05, 0) is 30.4 Å². The summed E-state index contributed by atoms with van der Waals surface area (Å²) in [6.45, 7) is 2.27. The van der Waals surface area contributed by atoms with Crippen LogP contribution in [0, 0.1) is 5.92 Å². The van der Waals surface area contributed by atoms with Gasteiger partial charge in [-0.2, -0.15) is 5.10 Å². The van der Waals surface area contributed by atoms with Crippen LogP contribution in [0.1, 0.15) is 35.5 Å². The molecule has 1 fully saturated rings. The van der Waals surface area contributed by atoms with E-state index in [9.17, 15) is 9.59 Å². The van der Waals surface area contributed by atoms with Crippen LogP contribution < -0.4 is 11.1 Å². The summed E-state index contributed by atoms with van der Waals surface area (Å²) in [6.07, 6.45) is 3.46. The molecule has 2 aliphatic heterocycles. The van der Waals surface area contributed by atoms with E-state index in [2.05, 4.69) is 50.3 Å². The van der Waals surface area contributed by atoms with E-state index in [-0.39, 0.29) is 23.1 Å². The number of aromatic amines is 1. The molecule has 2 bridgehead atoms. The molecule has 0 saturated carbocycles. The smallest absolute Gasteiger partial charge is 0.262 e. The predicted molar refractivity (Wildman–Crippen MR) is 125 cm³/mol. The minimum Gasteiger partial charge on any atom is -0.309 e. The number of rotatable bonds is 4. The SMILES string of the molecule is Cn1ncc2c(=O)[nH]c(CN3C[C@H]4C[C@@H](C3)[C@H](Cc3ccccc3)n3c4cccc3=O)nc21. The highest BCUT2D eigenvalue weighted by atomic mass is 16.1. The first-order valence-corrected chi connectivity index (χ1v) is 11.5. The van der Waals surface area contributed by atoms with Gasteiger partial charge in [0.05, 0.1) is 12.7 Å². The van der Waals surface area contributed by atoms with Gasteiger partial charge in [0.2, 0.25) is 0 Å². The number of aryl methyl sites for hydroxylation is 1. The Kier molecular flexibility index (Phi) is 4.76. The summed E-state index contributed by atoms with van der Waals surface area (Å²) in [5, 5.41) is 4.67. The van der Waals surface area contributed by atoms with Crippen molar-refractivity contribution < 1.29 is 0 Å². The number of pyridine rings is 1. The van der Waals surface area contributed by atoms with Gasteiger partial charge in [0.15, 0.2) is 5.65 Å². The molecule has 4 aromatic rings. The second-order valence-corrected chi connectivity index (χ2v) is 9.32. The lowest BCUT2D eigenvalue weighted by Gasteiger charge is -2.47. The monoisotopic (exact) mass is 442 g/mol. The second-order valence-electron chi connectivity index (χ2n) is 9.32. The molecule has 8 nitrogen and oxygen atoms in total. The van der Waals surface area contributed by atoms with Crippen LogP contribution in [-0.4, -0.2) is 42.3 Å². The number of benzene rings is 1. The molecule has 5 heterocycles. The predicted octanol–water partition coefficient (Wildman–Crippen LogP) is 2.22. The zero-order chi connectivity index (χ0) is 22.5. The molecule has 2 aliphatic rings. The summed E-state index contributed by atoms with van der Waals surface area (Å²) < 4.78 is 3.68. The van der Waals surface area contributed by atoms with Crippen molar-refractivity contribution in [3.05, 3.63) is 92.5 Å². The van der Waals surface area contributed by atoms with E-state index in [1.54, 1.807) is 24.0 Å². The van der Waals surface area contributed by atoms with Gasteiger partial charge < -0.3 is 9.55 Å². The van der Waals surface area contributed by atoms with E-state index in [1.165, 1.54) is 5.56 Å². The molecule has 1 aromatic carbocycles. The summed E-state index contributed by atoms with van der Waals surface area (Å²) in [7, 11) is 1.80. The number of nitrogens with one attached hydrogen (secondary N) is 1.